The van der Waals surface area contributed by atoms with Gasteiger partial charge in [-0.15, -0.1) is 11.6 Å². The first-order valence-electron chi connectivity index (χ1n) is 5.14. The van der Waals surface area contributed by atoms with Gasteiger partial charge in [-0.2, -0.15) is 0 Å². The molecule has 0 saturated heterocycles. The van der Waals surface area contributed by atoms with Crippen LogP contribution in [0.4, 0.5) is 0 Å². The molecule has 84 valence electrons. The standard InChI is InChI=1S/C12H17Cl2N/c1-9(2)12(3,8-13)6-10-4-5-15-7-11(10)14/h4-5,7,9H,6,8H2,1-3H3. The summed E-state index contributed by atoms with van der Waals surface area (Å²) in [7, 11) is 0. The van der Waals surface area contributed by atoms with Crippen LogP contribution in [0.15, 0.2) is 18.5 Å². The van der Waals surface area contributed by atoms with E-state index in [9.17, 15) is 0 Å². The van der Waals surface area contributed by atoms with Crippen molar-refractivity contribution in [2.24, 2.45) is 11.3 Å². The van der Waals surface area contributed by atoms with E-state index in [2.05, 4.69) is 25.8 Å². The Hall–Kier alpha value is -0.270. The number of alkyl halides is 1. The van der Waals surface area contributed by atoms with Crippen molar-refractivity contribution in [2.75, 3.05) is 5.88 Å². The highest BCUT2D eigenvalue weighted by atomic mass is 35.5. The van der Waals surface area contributed by atoms with Gasteiger partial charge in [-0.25, -0.2) is 0 Å². The van der Waals surface area contributed by atoms with E-state index in [4.69, 9.17) is 23.2 Å². The van der Waals surface area contributed by atoms with Gasteiger partial charge in [0.15, 0.2) is 0 Å². The van der Waals surface area contributed by atoms with Crippen LogP contribution in [0, 0.1) is 11.3 Å². The quantitative estimate of drug-likeness (QED) is 0.726. The maximum atomic E-state index is 6.09. The zero-order valence-electron chi connectivity index (χ0n) is 9.43. The van der Waals surface area contributed by atoms with Gasteiger partial charge in [0.05, 0.1) is 5.02 Å². The molecule has 1 heterocycles. The van der Waals surface area contributed by atoms with E-state index in [0.717, 1.165) is 17.0 Å². The summed E-state index contributed by atoms with van der Waals surface area (Å²) in [6.45, 7) is 6.58. The monoisotopic (exact) mass is 245 g/mol. The third kappa shape index (κ3) is 3.09. The van der Waals surface area contributed by atoms with Gasteiger partial charge in [0, 0.05) is 18.3 Å². The summed E-state index contributed by atoms with van der Waals surface area (Å²) in [6, 6.07) is 1.97. The highest BCUT2D eigenvalue weighted by Crippen LogP contribution is 2.34. The molecule has 0 aromatic carbocycles. The van der Waals surface area contributed by atoms with Gasteiger partial charge in [-0.05, 0) is 29.4 Å². The number of rotatable bonds is 4. The lowest BCUT2D eigenvalue weighted by atomic mass is 9.76. The minimum atomic E-state index is 0.0898. The van der Waals surface area contributed by atoms with Crippen LogP contribution in [0.25, 0.3) is 0 Å². The van der Waals surface area contributed by atoms with E-state index in [1.54, 1.807) is 12.4 Å². The summed E-state index contributed by atoms with van der Waals surface area (Å²) in [5.74, 6) is 1.17. The number of nitrogens with zero attached hydrogens (tertiary/aromatic N) is 1. The Morgan fingerprint density at radius 1 is 1.47 bits per heavy atom. The first kappa shape index (κ1) is 12.8. The molecule has 0 aliphatic heterocycles. The zero-order valence-corrected chi connectivity index (χ0v) is 10.9. The molecule has 0 aliphatic rings. The predicted octanol–water partition coefficient (Wildman–Crippen LogP) is 4.18. The maximum absolute atomic E-state index is 6.09. The van der Waals surface area contributed by atoms with E-state index in [-0.39, 0.29) is 5.41 Å². The second-order valence-corrected chi connectivity index (χ2v) is 5.26. The Labute approximate surface area is 102 Å². The van der Waals surface area contributed by atoms with Gasteiger partial charge < -0.3 is 0 Å². The van der Waals surface area contributed by atoms with Crippen LogP contribution in [-0.4, -0.2) is 10.9 Å². The smallest absolute Gasteiger partial charge is 0.0621 e. The summed E-state index contributed by atoms with van der Waals surface area (Å²) in [5.41, 5.74) is 1.22. The predicted molar refractivity (Wildman–Crippen MR) is 66.6 cm³/mol. The minimum Gasteiger partial charge on any atom is -0.263 e. The lowest BCUT2D eigenvalue weighted by Crippen LogP contribution is -2.28. The molecule has 1 unspecified atom stereocenters. The Bertz CT molecular complexity index is 325. The van der Waals surface area contributed by atoms with Crippen LogP contribution in [-0.2, 0) is 6.42 Å². The Kier molecular flexibility index (Phi) is 4.42. The van der Waals surface area contributed by atoms with Crippen LogP contribution in [0.2, 0.25) is 5.02 Å². The molecule has 0 saturated carbocycles. The van der Waals surface area contributed by atoms with Crippen LogP contribution >= 0.6 is 23.2 Å². The van der Waals surface area contributed by atoms with Gasteiger partial charge in [-0.1, -0.05) is 32.4 Å². The zero-order chi connectivity index (χ0) is 11.5. The molecule has 0 bridgehead atoms. The molecule has 0 amide bonds. The Morgan fingerprint density at radius 3 is 2.60 bits per heavy atom. The van der Waals surface area contributed by atoms with E-state index in [0.29, 0.717) is 11.8 Å². The second kappa shape index (κ2) is 5.18. The molecular weight excluding hydrogens is 229 g/mol. The summed E-state index contributed by atoms with van der Waals surface area (Å²) < 4.78 is 0. The minimum absolute atomic E-state index is 0.0898. The van der Waals surface area contributed by atoms with Gasteiger partial charge in [-0.3, -0.25) is 4.98 Å². The molecule has 3 heteroatoms. The van der Waals surface area contributed by atoms with Crippen molar-refractivity contribution in [3.63, 3.8) is 0 Å². The van der Waals surface area contributed by atoms with Crippen molar-refractivity contribution in [1.82, 2.24) is 4.98 Å². The molecule has 1 aromatic heterocycles. The van der Waals surface area contributed by atoms with Crippen LogP contribution in [0.1, 0.15) is 26.3 Å². The van der Waals surface area contributed by atoms with Crippen molar-refractivity contribution < 1.29 is 0 Å². The number of hydrogen-bond acceptors (Lipinski definition) is 1. The van der Waals surface area contributed by atoms with Gasteiger partial charge in [0.2, 0.25) is 0 Å². The fraction of sp³-hybridized carbons (Fsp3) is 0.583. The van der Waals surface area contributed by atoms with Crippen LogP contribution in [0.3, 0.4) is 0 Å². The molecule has 0 aliphatic carbocycles. The lowest BCUT2D eigenvalue weighted by Gasteiger charge is -2.32. The van der Waals surface area contributed by atoms with Gasteiger partial charge >= 0.3 is 0 Å². The van der Waals surface area contributed by atoms with E-state index >= 15 is 0 Å². The van der Waals surface area contributed by atoms with Crippen molar-refractivity contribution in [2.45, 2.75) is 27.2 Å². The normalized spacial score (nSPS) is 15.3. The van der Waals surface area contributed by atoms with E-state index < -0.39 is 0 Å². The van der Waals surface area contributed by atoms with Gasteiger partial charge in [0.25, 0.3) is 0 Å². The Morgan fingerprint density at radius 2 is 2.13 bits per heavy atom. The van der Waals surface area contributed by atoms with E-state index in [1.165, 1.54) is 0 Å². The summed E-state index contributed by atoms with van der Waals surface area (Å²) in [5, 5.41) is 0.731. The average Bonchev–Trinajstić information content (AvgIpc) is 2.21. The third-order valence-corrected chi connectivity index (χ3v) is 4.10. The SMILES string of the molecule is CC(C)C(C)(CCl)Cc1ccncc1Cl. The number of hydrogen-bond donors (Lipinski definition) is 0. The molecule has 1 nitrogen and oxygen atoms in total. The molecule has 0 N–H and O–H groups in total. The summed E-state index contributed by atoms with van der Waals surface area (Å²) >= 11 is 12.1. The molecule has 15 heavy (non-hydrogen) atoms. The molecule has 0 spiro atoms. The largest absolute Gasteiger partial charge is 0.263 e. The average molecular weight is 246 g/mol. The molecular formula is C12H17Cl2N. The van der Waals surface area contributed by atoms with Crippen molar-refractivity contribution >= 4 is 23.2 Å². The van der Waals surface area contributed by atoms with Crippen LogP contribution in [0.5, 0.6) is 0 Å². The molecule has 1 aromatic rings. The van der Waals surface area contributed by atoms with Crippen molar-refractivity contribution in [1.29, 1.82) is 0 Å². The highest BCUT2D eigenvalue weighted by molar-refractivity contribution is 6.31. The van der Waals surface area contributed by atoms with Gasteiger partial charge in [0.1, 0.15) is 0 Å². The molecule has 0 fully saturated rings. The van der Waals surface area contributed by atoms with E-state index in [1.807, 2.05) is 6.07 Å². The Balaban J connectivity index is 2.89. The van der Waals surface area contributed by atoms with Crippen molar-refractivity contribution in [3.8, 4) is 0 Å². The third-order valence-electron chi connectivity index (χ3n) is 3.15. The first-order valence-corrected chi connectivity index (χ1v) is 6.05. The molecule has 1 rings (SSSR count). The first-order chi connectivity index (χ1) is 6.99. The second-order valence-electron chi connectivity index (χ2n) is 4.59. The van der Waals surface area contributed by atoms with Crippen LogP contribution < -0.4 is 0 Å². The summed E-state index contributed by atoms with van der Waals surface area (Å²) in [6.07, 6.45) is 4.36. The molecule has 0 radical (unpaired) electrons. The topological polar surface area (TPSA) is 12.9 Å². The number of aromatic nitrogens is 1. The fourth-order valence-electron chi connectivity index (χ4n) is 1.39. The highest BCUT2D eigenvalue weighted by Gasteiger charge is 2.28. The fourth-order valence-corrected chi connectivity index (χ4v) is 1.98. The number of pyridine rings is 1. The lowest BCUT2D eigenvalue weighted by molar-refractivity contribution is 0.253. The summed E-state index contributed by atoms with van der Waals surface area (Å²) in [4.78, 5) is 3.98. The maximum Gasteiger partial charge on any atom is 0.0621 e. The van der Waals surface area contributed by atoms with Crippen molar-refractivity contribution in [3.05, 3.63) is 29.0 Å². The molecule has 1 atom stereocenters. The number of halogens is 2.